The monoisotopic (exact) mass is 534 g/mol. The third-order valence-corrected chi connectivity index (χ3v) is 5.78. The van der Waals surface area contributed by atoms with Crippen LogP contribution in [0.2, 0.25) is 5.02 Å². The van der Waals surface area contributed by atoms with Gasteiger partial charge >= 0.3 is 0 Å². The van der Waals surface area contributed by atoms with Gasteiger partial charge in [-0.15, -0.1) is 5.11 Å². The van der Waals surface area contributed by atoms with E-state index in [0.29, 0.717) is 42.7 Å². The van der Waals surface area contributed by atoms with Crippen LogP contribution in [-0.4, -0.2) is 46.4 Å². The number of aromatic hydroxyl groups is 1. The topological polar surface area (TPSA) is 120 Å². The number of nitrogens with one attached hydrogen (secondary N) is 2. The first-order valence-electron chi connectivity index (χ1n) is 11.8. The summed E-state index contributed by atoms with van der Waals surface area (Å²) in [5, 5.41) is 24.9. The lowest BCUT2D eigenvalue weighted by molar-refractivity contribution is 0.122. The molecular weight excluding hydrogens is 511 g/mol. The number of pyridine rings is 1. The molecule has 2 aromatic heterocycles. The van der Waals surface area contributed by atoms with Gasteiger partial charge in [-0.25, -0.2) is 9.37 Å². The number of rotatable bonds is 8. The van der Waals surface area contributed by atoms with Gasteiger partial charge in [0, 0.05) is 41.2 Å². The number of morpholine rings is 1. The number of anilines is 5. The summed E-state index contributed by atoms with van der Waals surface area (Å²) in [4.78, 5) is 14.3. The molecular formula is C26H24ClFN8O2. The predicted molar refractivity (Wildman–Crippen MR) is 144 cm³/mol. The average Bonchev–Trinajstić information content (AvgIpc) is 2.91. The van der Waals surface area contributed by atoms with Crippen molar-refractivity contribution in [3.8, 4) is 5.75 Å². The summed E-state index contributed by atoms with van der Waals surface area (Å²) in [5.41, 5.74) is 3.84. The standard InChI is InChI=1S/C26H24ClFN8O2/c27-17-10-22(13-23(37)11-17)33-19-3-1-2-18(12-19)32-21-5-4-20(29-14-21)15-31-35-26-30-16-24(28)25(34-26)36-6-8-38-9-7-36/h1-5,10-14,16,32-33,37H,6-9,15H2. The molecule has 0 unspecified atom stereocenters. The minimum atomic E-state index is -0.499. The van der Waals surface area contributed by atoms with Crippen molar-refractivity contribution in [2.75, 3.05) is 41.8 Å². The van der Waals surface area contributed by atoms with Crippen molar-refractivity contribution in [3.05, 3.63) is 83.5 Å². The van der Waals surface area contributed by atoms with E-state index in [9.17, 15) is 9.50 Å². The highest BCUT2D eigenvalue weighted by Crippen LogP contribution is 2.28. The van der Waals surface area contributed by atoms with Crippen molar-refractivity contribution in [1.82, 2.24) is 15.0 Å². The molecule has 194 valence electrons. The van der Waals surface area contributed by atoms with Crippen LogP contribution in [0, 0.1) is 5.82 Å². The summed E-state index contributed by atoms with van der Waals surface area (Å²) in [6.45, 7) is 2.38. The molecule has 1 aliphatic heterocycles. The van der Waals surface area contributed by atoms with Gasteiger partial charge in [0.1, 0.15) is 12.3 Å². The molecule has 3 N–H and O–H groups in total. The van der Waals surface area contributed by atoms with Crippen LogP contribution in [0.4, 0.5) is 38.9 Å². The lowest BCUT2D eigenvalue weighted by atomic mass is 10.2. The third kappa shape index (κ3) is 6.69. The van der Waals surface area contributed by atoms with E-state index in [1.807, 2.05) is 36.4 Å². The number of azo groups is 1. The highest BCUT2D eigenvalue weighted by Gasteiger charge is 2.17. The largest absolute Gasteiger partial charge is 0.508 e. The van der Waals surface area contributed by atoms with Crippen molar-refractivity contribution < 1.29 is 14.2 Å². The lowest BCUT2D eigenvalue weighted by Crippen LogP contribution is -2.37. The zero-order valence-electron chi connectivity index (χ0n) is 20.2. The van der Waals surface area contributed by atoms with E-state index >= 15 is 0 Å². The van der Waals surface area contributed by atoms with Crippen molar-refractivity contribution in [1.29, 1.82) is 0 Å². The zero-order chi connectivity index (χ0) is 26.3. The Morgan fingerprint density at radius 3 is 2.47 bits per heavy atom. The molecule has 3 heterocycles. The van der Waals surface area contributed by atoms with Gasteiger partial charge in [0.2, 0.25) is 0 Å². The SMILES string of the molecule is Oc1cc(Cl)cc(Nc2cccc(Nc3ccc(CN=Nc4ncc(F)c(N5CCOCC5)n4)nc3)c2)c1. The van der Waals surface area contributed by atoms with Gasteiger partial charge in [-0.1, -0.05) is 17.7 Å². The Hall–Kier alpha value is -4.35. The number of aromatic nitrogens is 3. The number of halogens is 2. The smallest absolute Gasteiger partial charge is 0.270 e. The molecule has 0 aliphatic carbocycles. The molecule has 38 heavy (non-hydrogen) atoms. The molecule has 2 aromatic carbocycles. The first-order chi connectivity index (χ1) is 18.5. The summed E-state index contributed by atoms with van der Waals surface area (Å²) in [7, 11) is 0. The minimum absolute atomic E-state index is 0.0860. The quantitative estimate of drug-likeness (QED) is 0.236. The van der Waals surface area contributed by atoms with Crippen molar-refractivity contribution >= 4 is 46.1 Å². The Bertz CT molecular complexity index is 1410. The Morgan fingerprint density at radius 2 is 1.74 bits per heavy atom. The first kappa shape index (κ1) is 25.3. The fraction of sp³-hybridized carbons (Fsp3) is 0.192. The maximum absolute atomic E-state index is 14.2. The molecule has 0 atom stereocenters. The number of hydrogen-bond donors (Lipinski definition) is 3. The normalized spacial score (nSPS) is 13.6. The van der Waals surface area contributed by atoms with Crippen molar-refractivity contribution in [3.63, 3.8) is 0 Å². The molecule has 0 spiro atoms. The van der Waals surface area contributed by atoms with Crippen molar-refractivity contribution in [2.45, 2.75) is 6.54 Å². The maximum Gasteiger partial charge on any atom is 0.270 e. The molecule has 0 saturated carbocycles. The number of ether oxygens (including phenoxy) is 1. The second-order valence-corrected chi connectivity index (χ2v) is 8.84. The van der Waals surface area contributed by atoms with Crippen LogP contribution in [0.1, 0.15) is 5.69 Å². The van der Waals surface area contributed by atoms with Crippen LogP contribution in [0.3, 0.4) is 0 Å². The molecule has 0 amide bonds. The van der Waals surface area contributed by atoms with Gasteiger partial charge in [-0.2, -0.15) is 10.1 Å². The van der Waals surface area contributed by atoms with Gasteiger partial charge < -0.3 is 25.4 Å². The molecule has 1 aliphatic rings. The highest BCUT2D eigenvalue weighted by molar-refractivity contribution is 6.31. The molecule has 0 bridgehead atoms. The van der Waals surface area contributed by atoms with Crippen LogP contribution in [0.5, 0.6) is 5.75 Å². The van der Waals surface area contributed by atoms with Gasteiger partial charge in [-0.3, -0.25) is 4.98 Å². The number of nitrogens with zero attached hydrogens (tertiary/aromatic N) is 6. The maximum atomic E-state index is 14.2. The molecule has 4 aromatic rings. The second-order valence-electron chi connectivity index (χ2n) is 8.41. The number of phenols is 1. The molecule has 10 nitrogen and oxygen atoms in total. The summed E-state index contributed by atoms with van der Waals surface area (Å²) >= 11 is 6.01. The summed E-state index contributed by atoms with van der Waals surface area (Å²) in [6.07, 6.45) is 2.80. The Kier molecular flexibility index (Phi) is 7.86. The number of hydrogen-bond acceptors (Lipinski definition) is 10. The summed E-state index contributed by atoms with van der Waals surface area (Å²) in [6, 6.07) is 16.2. The number of phenolic OH excluding ortho intramolecular Hbond substituents is 1. The Morgan fingerprint density at radius 1 is 0.947 bits per heavy atom. The van der Waals surface area contributed by atoms with E-state index in [2.05, 4.69) is 35.8 Å². The van der Waals surface area contributed by atoms with Crippen LogP contribution in [-0.2, 0) is 11.3 Å². The average molecular weight is 535 g/mol. The number of benzene rings is 2. The zero-order valence-corrected chi connectivity index (χ0v) is 20.9. The first-order valence-corrected chi connectivity index (χ1v) is 12.2. The van der Waals surface area contributed by atoms with E-state index in [0.717, 1.165) is 23.3 Å². The molecule has 12 heteroatoms. The van der Waals surface area contributed by atoms with Gasteiger partial charge in [-0.05, 0) is 42.5 Å². The van der Waals surface area contributed by atoms with E-state index < -0.39 is 5.82 Å². The molecule has 5 rings (SSSR count). The minimum Gasteiger partial charge on any atom is -0.508 e. The molecule has 1 saturated heterocycles. The van der Waals surface area contributed by atoms with Crippen LogP contribution in [0.15, 0.2) is 77.2 Å². The fourth-order valence-corrected chi connectivity index (χ4v) is 4.04. The Labute approximate surface area is 223 Å². The lowest BCUT2D eigenvalue weighted by Gasteiger charge is -2.27. The predicted octanol–water partition coefficient (Wildman–Crippen LogP) is 5.98. The third-order valence-electron chi connectivity index (χ3n) is 5.56. The Balaban J connectivity index is 1.18. The summed E-state index contributed by atoms with van der Waals surface area (Å²) in [5.74, 6) is -0.118. The van der Waals surface area contributed by atoms with Crippen LogP contribution >= 0.6 is 11.6 Å². The van der Waals surface area contributed by atoms with Crippen molar-refractivity contribution in [2.24, 2.45) is 10.2 Å². The van der Waals surface area contributed by atoms with E-state index in [1.165, 1.54) is 6.07 Å². The van der Waals surface area contributed by atoms with Gasteiger partial charge in [0.25, 0.3) is 5.95 Å². The van der Waals surface area contributed by atoms with Crippen LogP contribution < -0.4 is 15.5 Å². The second kappa shape index (κ2) is 11.8. The molecule has 1 fully saturated rings. The summed E-state index contributed by atoms with van der Waals surface area (Å²) < 4.78 is 19.5. The van der Waals surface area contributed by atoms with E-state index in [4.69, 9.17) is 16.3 Å². The van der Waals surface area contributed by atoms with Gasteiger partial charge in [0.05, 0.1) is 37.0 Å². The van der Waals surface area contributed by atoms with E-state index in [1.54, 1.807) is 23.2 Å². The highest BCUT2D eigenvalue weighted by atomic mass is 35.5. The fourth-order valence-electron chi connectivity index (χ4n) is 3.81. The van der Waals surface area contributed by atoms with E-state index in [-0.39, 0.29) is 24.1 Å². The van der Waals surface area contributed by atoms with Gasteiger partial charge in [0.15, 0.2) is 11.6 Å². The van der Waals surface area contributed by atoms with Crippen LogP contribution in [0.25, 0.3) is 0 Å². The molecule has 0 radical (unpaired) electrons.